The van der Waals surface area contributed by atoms with Crippen LogP contribution in [-0.4, -0.2) is 40.6 Å². The molecule has 0 spiro atoms. The van der Waals surface area contributed by atoms with E-state index in [1.807, 2.05) is 34.6 Å². The van der Waals surface area contributed by atoms with Crippen LogP contribution in [0.5, 0.6) is 0 Å². The van der Waals surface area contributed by atoms with Crippen molar-refractivity contribution >= 4 is 25.5 Å². The van der Waals surface area contributed by atoms with Crippen LogP contribution < -0.4 is 5.32 Å². The van der Waals surface area contributed by atoms with Gasteiger partial charge in [0.2, 0.25) is 5.91 Å². The van der Waals surface area contributed by atoms with E-state index in [1.54, 1.807) is 25.7 Å². The first-order chi connectivity index (χ1) is 8.99. The van der Waals surface area contributed by atoms with E-state index in [-0.39, 0.29) is 31.5 Å². The lowest BCUT2D eigenvalue weighted by atomic mass is 10.1. The number of amides is 2. The molecular weight excluding hydrogens is 288 g/mol. The molecule has 0 saturated carbocycles. The summed E-state index contributed by atoms with van der Waals surface area (Å²) in [4.78, 5) is 26.1. The van der Waals surface area contributed by atoms with E-state index in [4.69, 9.17) is 4.74 Å². The molecular formula is C15H32N2O3S. The molecule has 0 radical (unpaired) electrons. The third-order valence-electron chi connectivity index (χ3n) is 2.76. The zero-order valence-corrected chi connectivity index (χ0v) is 15.6. The Morgan fingerprint density at radius 2 is 1.52 bits per heavy atom. The molecule has 1 atom stereocenters. The van der Waals surface area contributed by atoms with Gasteiger partial charge in [-0.15, -0.1) is 0 Å². The molecule has 0 bridgehead atoms. The highest BCUT2D eigenvalue weighted by molar-refractivity contribution is 7.59. The summed E-state index contributed by atoms with van der Waals surface area (Å²) < 4.78 is 5.20. The highest BCUT2D eigenvalue weighted by Crippen LogP contribution is 2.11. The number of rotatable bonds is 5. The van der Waals surface area contributed by atoms with Gasteiger partial charge in [0, 0.05) is 12.1 Å². The van der Waals surface area contributed by atoms with Crippen molar-refractivity contribution in [3.05, 3.63) is 0 Å². The van der Waals surface area contributed by atoms with E-state index in [0.717, 1.165) is 0 Å². The number of hydrogen-bond donors (Lipinski definition) is 1. The van der Waals surface area contributed by atoms with Crippen molar-refractivity contribution in [2.45, 2.75) is 85.5 Å². The average Bonchev–Trinajstić information content (AvgIpc) is 2.21. The maximum Gasteiger partial charge on any atom is 0.408 e. The summed E-state index contributed by atoms with van der Waals surface area (Å²) in [5.74, 6) is -0.0663. The molecule has 0 fully saturated rings. The molecule has 0 unspecified atom stereocenters. The van der Waals surface area contributed by atoms with Crippen molar-refractivity contribution in [3.63, 3.8) is 0 Å². The molecule has 0 aliphatic rings. The molecule has 0 aliphatic carbocycles. The van der Waals surface area contributed by atoms with Crippen molar-refractivity contribution < 1.29 is 14.3 Å². The first kappa shape index (κ1) is 22.4. The van der Waals surface area contributed by atoms with Crippen molar-refractivity contribution in [1.82, 2.24) is 10.2 Å². The van der Waals surface area contributed by atoms with Crippen LogP contribution in [0.4, 0.5) is 4.79 Å². The fraction of sp³-hybridized carbons (Fsp3) is 0.867. The van der Waals surface area contributed by atoms with Crippen LogP contribution >= 0.6 is 13.5 Å². The summed E-state index contributed by atoms with van der Waals surface area (Å²) in [5.41, 5.74) is -0.568. The van der Waals surface area contributed by atoms with E-state index >= 15 is 0 Å². The Morgan fingerprint density at radius 1 is 1.10 bits per heavy atom. The first-order valence-corrected chi connectivity index (χ1v) is 7.31. The van der Waals surface area contributed by atoms with Gasteiger partial charge in [0.25, 0.3) is 0 Å². The predicted octanol–water partition coefficient (Wildman–Crippen LogP) is 3.05. The number of ether oxygens (including phenoxy) is 1. The highest BCUT2D eigenvalue weighted by atomic mass is 32.1. The lowest BCUT2D eigenvalue weighted by molar-refractivity contribution is -0.137. The van der Waals surface area contributed by atoms with Crippen LogP contribution in [0, 0.1) is 0 Å². The zero-order chi connectivity index (χ0) is 16.1. The fourth-order valence-corrected chi connectivity index (χ4v) is 2.07. The topological polar surface area (TPSA) is 58.6 Å². The van der Waals surface area contributed by atoms with Crippen LogP contribution in [0.1, 0.15) is 61.8 Å². The molecule has 0 aromatic rings. The van der Waals surface area contributed by atoms with E-state index < -0.39 is 17.7 Å². The Morgan fingerprint density at radius 3 is 1.81 bits per heavy atom. The Hall–Kier alpha value is -0.910. The highest BCUT2D eigenvalue weighted by Gasteiger charge is 2.29. The summed E-state index contributed by atoms with van der Waals surface area (Å²) in [6.45, 7) is 15.1. The smallest absolute Gasteiger partial charge is 0.408 e. The number of hydrogen-bond acceptors (Lipinski definition) is 3. The SMILES string of the molecule is CC[C@H](NC(=O)OC(C)(C)C)C(=O)N(C(C)C)C(C)C.S. The second kappa shape index (κ2) is 9.18. The molecule has 0 rings (SSSR count). The van der Waals surface area contributed by atoms with Crippen LogP contribution in [0.15, 0.2) is 0 Å². The van der Waals surface area contributed by atoms with Gasteiger partial charge in [-0.3, -0.25) is 4.79 Å². The van der Waals surface area contributed by atoms with Gasteiger partial charge in [-0.25, -0.2) is 4.79 Å². The molecule has 0 saturated heterocycles. The van der Waals surface area contributed by atoms with Gasteiger partial charge in [-0.2, -0.15) is 13.5 Å². The summed E-state index contributed by atoms with van der Waals surface area (Å²) in [7, 11) is 0. The molecule has 0 heterocycles. The zero-order valence-electron chi connectivity index (χ0n) is 14.6. The molecule has 0 aliphatic heterocycles. The monoisotopic (exact) mass is 320 g/mol. The standard InChI is InChI=1S/C15H30N2O3.H2S/c1-9-12(16-14(19)20-15(6,7)8)13(18)17(10(2)3)11(4)5;/h10-12H,9H2,1-8H3,(H,16,19);1H2/t12-;/m0./s1. The minimum atomic E-state index is -0.568. The molecule has 2 amide bonds. The third kappa shape index (κ3) is 8.19. The minimum Gasteiger partial charge on any atom is -0.444 e. The first-order valence-electron chi connectivity index (χ1n) is 7.31. The van der Waals surface area contributed by atoms with Gasteiger partial charge in [0.1, 0.15) is 11.6 Å². The Kier molecular flexibility index (Phi) is 9.78. The molecule has 21 heavy (non-hydrogen) atoms. The maximum absolute atomic E-state index is 12.5. The van der Waals surface area contributed by atoms with Crippen molar-refractivity contribution in [3.8, 4) is 0 Å². The van der Waals surface area contributed by atoms with E-state index in [1.165, 1.54) is 0 Å². The second-order valence-corrected chi connectivity index (χ2v) is 6.54. The Balaban J connectivity index is 0. The molecule has 6 heteroatoms. The number of alkyl carbamates (subject to hydrolysis) is 1. The molecule has 0 aromatic carbocycles. The van der Waals surface area contributed by atoms with Crippen LogP contribution in [-0.2, 0) is 9.53 Å². The van der Waals surface area contributed by atoms with Crippen LogP contribution in [0.2, 0.25) is 0 Å². The summed E-state index contributed by atoms with van der Waals surface area (Å²) in [6, 6.07) is -0.358. The summed E-state index contributed by atoms with van der Waals surface area (Å²) >= 11 is 0. The van der Waals surface area contributed by atoms with Gasteiger partial charge < -0.3 is 15.0 Å². The minimum absolute atomic E-state index is 0. The van der Waals surface area contributed by atoms with Crippen molar-refractivity contribution in [2.24, 2.45) is 0 Å². The number of carbonyl (C=O) groups is 2. The Labute approximate surface area is 136 Å². The van der Waals surface area contributed by atoms with E-state index in [9.17, 15) is 9.59 Å². The summed E-state index contributed by atoms with van der Waals surface area (Å²) in [5, 5.41) is 2.66. The third-order valence-corrected chi connectivity index (χ3v) is 2.76. The number of carbonyl (C=O) groups excluding carboxylic acids is 2. The fourth-order valence-electron chi connectivity index (χ4n) is 2.07. The van der Waals surface area contributed by atoms with Crippen LogP contribution in [0.3, 0.4) is 0 Å². The second-order valence-electron chi connectivity index (χ2n) is 6.54. The Bertz CT molecular complexity index is 330. The lowest BCUT2D eigenvalue weighted by Gasteiger charge is -2.34. The average molecular weight is 320 g/mol. The molecule has 0 aromatic heterocycles. The predicted molar refractivity (Wildman–Crippen MR) is 90.9 cm³/mol. The van der Waals surface area contributed by atoms with Gasteiger partial charge in [0.15, 0.2) is 0 Å². The van der Waals surface area contributed by atoms with E-state index in [0.29, 0.717) is 6.42 Å². The van der Waals surface area contributed by atoms with Gasteiger partial charge in [0.05, 0.1) is 0 Å². The van der Waals surface area contributed by atoms with Gasteiger partial charge in [-0.05, 0) is 54.9 Å². The molecule has 5 nitrogen and oxygen atoms in total. The van der Waals surface area contributed by atoms with Crippen molar-refractivity contribution in [2.75, 3.05) is 0 Å². The largest absolute Gasteiger partial charge is 0.444 e. The lowest BCUT2D eigenvalue weighted by Crippen LogP contribution is -2.53. The van der Waals surface area contributed by atoms with Crippen LogP contribution in [0.25, 0.3) is 0 Å². The number of nitrogens with one attached hydrogen (secondary N) is 1. The molecule has 126 valence electrons. The van der Waals surface area contributed by atoms with Gasteiger partial charge in [-0.1, -0.05) is 6.92 Å². The van der Waals surface area contributed by atoms with E-state index in [2.05, 4.69) is 5.32 Å². The van der Waals surface area contributed by atoms with Crippen molar-refractivity contribution in [1.29, 1.82) is 0 Å². The normalized spacial score (nSPS) is 12.7. The summed E-state index contributed by atoms with van der Waals surface area (Å²) in [6.07, 6.45) is -0.0150. The van der Waals surface area contributed by atoms with Gasteiger partial charge >= 0.3 is 6.09 Å². The quantitative estimate of drug-likeness (QED) is 0.847. The maximum atomic E-state index is 12.5. The molecule has 1 N–H and O–H groups in total. The number of nitrogens with zero attached hydrogens (tertiary/aromatic N) is 1.